The number of fused-ring (bicyclic) bond motifs is 2. The van der Waals surface area contributed by atoms with Gasteiger partial charge in [-0.25, -0.2) is 13.4 Å². The molecule has 0 fully saturated rings. The van der Waals surface area contributed by atoms with Crippen LogP contribution in [0.1, 0.15) is 11.1 Å². The third-order valence-corrected chi connectivity index (χ3v) is 6.22. The maximum Gasteiger partial charge on any atom is 0.258 e. The van der Waals surface area contributed by atoms with Gasteiger partial charge in [-0.2, -0.15) is 0 Å². The van der Waals surface area contributed by atoms with E-state index in [2.05, 4.69) is 20.8 Å². The van der Waals surface area contributed by atoms with E-state index in [4.69, 9.17) is 0 Å². The topological polar surface area (TPSA) is 91.7 Å². The molecule has 0 saturated carbocycles. The molecule has 2 aliphatic rings. The monoisotopic (exact) mass is 388 g/mol. The standard InChI is InChI=1S/C17H16N4O3S2/c1-10-7-11(2)15-13(8-10)25-17(18-15)19-16(22)12-3-4-14-20-26(23,24)6-5-21(14)9-12/h3-4,7-9H,5-6H2,1-2H3,(H,18,19,22). The number of anilines is 1. The summed E-state index contributed by atoms with van der Waals surface area (Å²) in [6.07, 6.45) is 4.72. The van der Waals surface area contributed by atoms with Crippen LogP contribution in [0.15, 0.2) is 40.5 Å². The molecule has 1 aromatic carbocycles. The summed E-state index contributed by atoms with van der Waals surface area (Å²) in [4.78, 5) is 18.7. The molecule has 3 heterocycles. The number of aryl methyl sites for hydroxylation is 2. The van der Waals surface area contributed by atoms with Crippen LogP contribution in [0.3, 0.4) is 0 Å². The fraction of sp³-hybridized carbons (Fsp3) is 0.235. The number of hydrogen-bond acceptors (Lipinski definition) is 6. The van der Waals surface area contributed by atoms with Gasteiger partial charge in [0.15, 0.2) is 5.13 Å². The molecule has 2 aromatic rings. The number of nitrogens with one attached hydrogen (secondary N) is 1. The van der Waals surface area contributed by atoms with Crippen LogP contribution in [0.4, 0.5) is 5.13 Å². The third-order valence-electron chi connectivity index (χ3n) is 4.14. The highest BCUT2D eigenvalue weighted by atomic mass is 32.2. The summed E-state index contributed by atoms with van der Waals surface area (Å²) >= 11 is 1.43. The van der Waals surface area contributed by atoms with Crippen LogP contribution in [0.25, 0.3) is 10.2 Å². The number of thiazole rings is 1. The van der Waals surface area contributed by atoms with Crippen LogP contribution in [0.5, 0.6) is 0 Å². The number of rotatable bonds is 2. The summed E-state index contributed by atoms with van der Waals surface area (Å²) in [5.41, 5.74) is 3.54. The van der Waals surface area contributed by atoms with E-state index in [-0.39, 0.29) is 18.2 Å². The van der Waals surface area contributed by atoms with Crippen molar-refractivity contribution in [3.63, 3.8) is 0 Å². The summed E-state index contributed by atoms with van der Waals surface area (Å²) in [6, 6.07) is 4.11. The van der Waals surface area contributed by atoms with Crippen LogP contribution < -0.4 is 5.32 Å². The van der Waals surface area contributed by atoms with Gasteiger partial charge in [0.1, 0.15) is 5.84 Å². The van der Waals surface area contributed by atoms with Gasteiger partial charge in [-0.1, -0.05) is 17.4 Å². The van der Waals surface area contributed by atoms with Crippen molar-refractivity contribution in [2.24, 2.45) is 4.40 Å². The first-order valence-corrected chi connectivity index (χ1v) is 10.4. The number of aromatic nitrogens is 1. The summed E-state index contributed by atoms with van der Waals surface area (Å²) in [7, 11) is -3.41. The van der Waals surface area contributed by atoms with Crippen LogP contribution in [0.2, 0.25) is 0 Å². The lowest BCUT2D eigenvalue weighted by Gasteiger charge is -2.26. The Morgan fingerprint density at radius 2 is 2.08 bits per heavy atom. The molecule has 0 unspecified atom stereocenters. The average Bonchev–Trinajstić information content (AvgIpc) is 2.96. The Balaban J connectivity index is 1.57. The minimum absolute atomic E-state index is 0.0633. The maximum absolute atomic E-state index is 12.5. The average molecular weight is 388 g/mol. The van der Waals surface area contributed by atoms with Gasteiger partial charge in [-0.15, -0.1) is 4.40 Å². The minimum Gasteiger partial charge on any atom is -0.330 e. The highest BCUT2D eigenvalue weighted by molar-refractivity contribution is 7.90. The van der Waals surface area contributed by atoms with Gasteiger partial charge < -0.3 is 4.90 Å². The Hall–Kier alpha value is -2.52. The van der Waals surface area contributed by atoms with E-state index in [0.29, 0.717) is 16.5 Å². The lowest BCUT2D eigenvalue weighted by Crippen LogP contribution is -2.37. The van der Waals surface area contributed by atoms with E-state index >= 15 is 0 Å². The van der Waals surface area contributed by atoms with Gasteiger partial charge in [-0.3, -0.25) is 10.1 Å². The van der Waals surface area contributed by atoms with E-state index in [9.17, 15) is 13.2 Å². The zero-order valence-electron chi connectivity index (χ0n) is 14.2. The summed E-state index contributed by atoms with van der Waals surface area (Å²) in [6.45, 7) is 4.31. The third kappa shape index (κ3) is 3.15. The van der Waals surface area contributed by atoms with Gasteiger partial charge in [0.25, 0.3) is 15.9 Å². The smallest absolute Gasteiger partial charge is 0.258 e. The second kappa shape index (κ2) is 6.03. The molecule has 0 saturated heterocycles. The molecule has 7 nitrogen and oxygen atoms in total. The number of carbonyl (C=O) groups is 1. The number of amides is 1. The number of hydrogen-bond donors (Lipinski definition) is 1. The summed E-state index contributed by atoms with van der Waals surface area (Å²) in [5.74, 6) is -0.0206. The zero-order valence-corrected chi connectivity index (χ0v) is 15.8. The molecule has 9 heteroatoms. The Morgan fingerprint density at radius 3 is 2.88 bits per heavy atom. The second-order valence-corrected chi connectivity index (χ2v) is 9.03. The molecule has 0 radical (unpaired) electrons. The van der Waals surface area contributed by atoms with Gasteiger partial charge in [0.05, 0.1) is 21.5 Å². The van der Waals surface area contributed by atoms with Gasteiger partial charge in [-0.05, 0) is 43.2 Å². The van der Waals surface area contributed by atoms with E-state index in [0.717, 1.165) is 21.3 Å². The normalized spacial score (nSPS) is 18.3. The fourth-order valence-electron chi connectivity index (χ4n) is 2.93. The molecule has 2 aliphatic heterocycles. The Morgan fingerprint density at radius 1 is 1.27 bits per heavy atom. The predicted molar refractivity (Wildman–Crippen MR) is 103 cm³/mol. The molecule has 0 aliphatic carbocycles. The molecule has 1 N–H and O–H groups in total. The molecule has 1 aromatic heterocycles. The van der Waals surface area contributed by atoms with Crippen molar-refractivity contribution < 1.29 is 13.2 Å². The molecule has 0 spiro atoms. The highest BCUT2D eigenvalue weighted by Gasteiger charge is 2.25. The van der Waals surface area contributed by atoms with Crippen LogP contribution in [-0.2, 0) is 14.8 Å². The largest absolute Gasteiger partial charge is 0.330 e. The van der Waals surface area contributed by atoms with Crippen LogP contribution >= 0.6 is 11.3 Å². The van der Waals surface area contributed by atoms with Crippen molar-refractivity contribution in [3.8, 4) is 0 Å². The summed E-state index contributed by atoms with van der Waals surface area (Å²) in [5, 5.41) is 3.36. The molecule has 26 heavy (non-hydrogen) atoms. The van der Waals surface area contributed by atoms with Gasteiger partial charge in [0.2, 0.25) is 0 Å². The molecular weight excluding hydrogens is 372 g/mol. The number of carbonyl (C=O) groups excluding carboxylic acids is 1. The van der Waals surface area contributed by atoms with Gasteiger partial charge >= 0.3 is 0 Å². The van der Waals surface area contributed by atoms with E-state index in [1.165, 1.54) is 17.4 Å². The van der Waals surface area contributed by atoms with E-state index in [1.54, 1.807) is 17.2 Å². The van der Waals surface area contributed by atoms with Crippen LogP contribution in [-0.4, -0.2) is 42.3 Å². The number of nitrogens with zero attached hydrogens (tertiary/aromatic N) is 3. The molecule has 0 atom stereocenters. The first-order valence-electron chi connectivity index (χ1n) is 7.99. The first kappa shape index (κ1) is 16.9. The Bertz CT molecular complexity index is 1130. The minimum atomic E-state index is -3.41. The lowest BCUT2D eigenvalue weighted by atomic mass is 10.1. The molecule has 0 bridgehead atoms. The van der Waals surface area contributed by atoms with Crippen molar-refractivity contribution >= 4 is 48.5 Å². The predicted octanol–water partition coefficient (Wildman–Crippen LogP) is 2.35. The highest BCUT2D eigenvalue weighted by Crippen LogP contribution is 2.29. The SMILES string of the molecule is Cc1cc(C)c2nc(NC(=O)C3=CN4CCS(=O)(=O)N=C4C=C3)sc2c1. The lowest BCUT2D eigenvalue weighted by molar-refractivity contribution is -0.112. The Kier molecular flexibility index (Phi) is 3.92. The number of amidine groups is 1. The van der Waals surface area contributed by atoms with E-state index < -0.39 is 10.0 Å². The molecule has 1 amide bonds. The van der Waals surface area contributed by atoms with E-state index in [1.807, 2.05) is 19.9 Å². The molecule has 4 rings (SSSR count). The van der Waals surface area contributed by atoms with Crippen molar-refractivity contribution in [1.29, 1.82) is 0 Å². The maximum atomic E-state index is 12.5. The Labute approximate surface area is 154 Å². The first-order chi connectivity index (χ1) is 12.3. The number of benzene rings is 1. The van der Waals surface area contributed by atoms with Crippen molar-refractivity contribution in [2.45, 2.75) is 13.8 Å². The fourth-order valence-corrected chi connectivity index (χ4v) is 4.94. The summed E-state index contributed by atoms with van der Waals surface area (Å²) < 4.78 is 27.8. The van der Waals surface area contributed by atoms with Crippen LogP contribution in [0, 0.1) is 13.8 Å². The second-order valence-electron chi connectivity index (χ2n) is 6.25. The molecule has 134 valence electrons. The molecular formula is C17H16N4O3S2. The number of sulfonamides is 1. The zero-order chi connectivity index (χ0) is 18.5. The van der Waals surface area contributed by atoms with Crippen molar-refractivity contribution in [3.05, 3.63) is 47.2 Å². The quantitative estimate of drug-likeness (QED) is 0.853. The van der Waals surface area contributed by atoms with Crippen molar-refractivity contribution in [2.75, 3.05) is 17.6 Å². The van der Waals surface area contributed by atoms with Gasteiger partial charge in [0, 0.05) is 12.7 Å². The van der Waals surface area contributed by atoms with Crippen molar-refractivity contribution in [1.82, 2.24) is 9.88 Å².